The molecule has 1 heterocycles. The normalized spacial score (nSPS) is 14.3. The zero-order chi connectivity index (χ0) is 13.4. The van der Waals surface area contributed by atoms with Gasteiger partial charge in [0.15, 0.2) is 11.6 Å². The molecule has 0 atom stereocenters. The molecule has 0 saturated carbocycles. The Bertz CT molecular complexity index is 602. The Balaban J connectivity index is 2.14. The first-order valence-corrected chi connectivity index (χ1v) is 6.27. The molecule has 0 fully saturated rings. The number of anilines is 3. The van der Waals surface area contributed by atoms with Gasteiger partial charge in [0, 0.05) is 17.9 Å². The van der Waals surface area contributed by atoms with Gasteiger partial charge in [0.1, 0.15) is 5.69 Å². The summed E-state index contributed by atoms with van der Waals surface area (Å²) in [5.74, 6) is -1.23. The molecule has 0 amide bonds. The monoisotopic (exact) mass is 260 g/mol. The zero-order valence-corrected chi connectivity index (χ0v) is 10.4. The van der Waals surface area contributed by atoms with E-state index in [1.54, 1.807) is 4.90 Å². The Morgan fingerprint density at radius 1 is 1.05 bits per heavy atom. The largest absolute Gasteiger partial charge is 0.399 e. The highest BCUT2D eigenvalue weighted by molar-refractivity contribution is 5.70. The molecule has 0 saturated heterocycles. The molecule has 1 aliphatic heterocycles. The van der Waals surface area contributed by atoms with E-state index in [9.17, 15) is 8.78 Å². The van der Waals surface area contributed by atoms with Crippen molar-refractivity contribution in [3.63, 3.8) is 0 Å². The maximum atomic E-state index is 14.0. The van der Waals surface area contributed by atoms with Crippen molar-refractivity contribution in [3.05, 3.63) is 53.6 Å². The van der Waals surface area contributed by atoms with E-state index < -0.39 is 11.6 Å². The highest BCUT2D eigenvalue weighted by Gasteiger charge is 2.23. The molecule has 0 radical (unpaired) electrons. The highest BCUT2D eigenvalue weighted by Crippen LogP contribution is 2.36. The zero-order valence-electron chi connectivity index (χ0n) is 10.4. The molecule has 0 bridgehead atoms. The second-order valence-corrected chi connectivity index (χ2v) is 4.72. The van der Waals surface area contributed by atoms with Gasteiger partial charge in [-0.05, 0) is 36.6 Å². The quantitative estimate of drug-likeness (QED) is 0.793. The van der Waals surface area contributed by atoms with Crippen LogP contribution in [-0.2, 0) is 6.42 Å². The number of fused-ring (bicyclic) bond motifs is 1. The Morgan fingerprint density at radius 3 is 2.47 bits per heavy atom. The van der Waals surface area contributed by atoms with Gasteiger partial charge in [-0.25, -0.2) is 8.78 Å². The lowest BCUT2D eigenvalue weighted by Crippen LogP contribution is -2.26. The number of nitrogens with zero attached hydrogens (tertiary/aromatic N) is 1. The van der Waals surface area contributed by atoms with Crippen LogP contribution in [0.25, 0.3) is 0 Å². The number of hydrogen-bond acceptors (Lipinski definition) is 2. The smallest absolute Gasteiger partial charge is 0.151 e. The van der Waals surface area contributed by atoms with Crippen LogP contribution in [0.5, 0.6) is 0 Å². The molecule has 2 aromatic carbocycles. The van der Waals surface area contributed by atoms with Gasteiger partial charge < -0.3 is 10.6 Å². The first kappa shape index (κ1) is 12.0. The fourth-order valence-electron chi connectivity index (χ4n) is 2.61. The summed E-state index contributed by atoms with van der Waals surface area (Å²) in [6, 6.07) is 10.0. The van der Waals surface area contributed by atoms with Crippen molar-refractivity contribution in [2.24, 2.45) is 0 Å². The first-order chi connectivity index (χ1) is 9.16. The highest BCUT2D eigenvalue weighted by atomic mass is 19.1. The molecular weight excluding hydrogens is 246 g/mol. The molecule has 2 N–H and O–H groups in total. The third-order valence-electron chi connectivity index (χ3n) is 3.42. The van der Waals surface area contributed by atoms with Crippen LogP contribution in [0.4, 0.5) is 25.8 Å². The second-order valence-electron chi connectivity index (χ2n) is 4.72. The molecule has 3 rings (SSSR count). The Kier molecular flexibility index (Phi) is 2.85. The standard InChI is InChI=1S/C15H14F2N2/c16-12-8-11(18)9-13(17)15(12)19-7-3-5-10-4-1-2-6-14(10)19/h1-2,4,6,8-9H,3,5,7,18H2. The summed E-state index contributed by atoms with van der Waals surface area (Å²) in [5, 5.41) is 0. The van der Waals surface area contributed by atoms with Crippen molar-refractivity contribution < 1.29 is 8.78 Å². The summed E-state index contributed by atoms with van der Waals surface area (Å²) in [6.07, 6.45) is 1.81. The van der Waals surface area contributed by atoms with E-state index in [-0.39, 0.29) is 11.4 Å². The molecule has 2 aromatic rings. The summed E-state index contributed by atoms with van der Waals surface area (Å²) in [6.45, 7) is 0.606. The average Bonchev–Trinajstić information content (AvgIpc) is 2.38. The average molecular weight is 260 g/mol. The van der Waals surface area contributed by atoms with Crippen molar-refractivity contribution in [1.29, 1.82) is 0 Å². The Morgan fingerprint density at radius 2 is 1.74 bits per heavy atom. The van der Waals surface area contributed by atoms with E-state index in [2.05, 4.69) is 0 Å². The minimum absolute atomic E-state index is 0.0126. The van der Waals surface area contributed by atoms with Gasteiger partial charge in [0.05, 0.1) is 0 Å². The summed E-state index contributed by atoms with van der Waals surface area (Å²) in [4.78, 5) is 1.70. The minimum atomic E-state index is -0.616. The molecule has 2 nitrogen and oxygen atoms in total. The van der Waals surface area contributed by atoms with Crippen LogP contribution in [0, 0.1) is 11.6 Å². The summed E-state index contributed by atoms with van der Waals surface area (Å²) < 4.78 is 28.1. The van der Waals surface area contributed by atoms with Crippen molar-refractivity contribution in [1.82, 2.24) is 0 Å². The van der Waals surface area contributed by atoms with Crippen molar-refractivity contribution in [2.45, 2.75) is 12.8 Å². The lowest BCUT2D eigenvalue weighted by atomic mass is 10.0. The number of para-hydroxylation sites is 1. The van der Waals surface area contributed by atoms with Gasteiger partial charge in [-0.1, -0.05) is 18.2 Å². The number of rotatable bonds is 1. The van der Waals surface area contributed by atoms with Gasteiger partial charge in [-0.2, -0.15) is 0 Å². The maximum Gasteiger partial charge on any atom is 0.151 e. The van der Waals surface area contributed by atoms with Crippen LogP contribution in [0.3, 0.4) is 0 Å². The van der Waals surface area contributed by atoms with Crippen molar-refractivity contribution in [3.8, 4) is 0 Å². The van der Waals surface area contributed by atoms with Gasteiger partial charge in [0.2, 0.25) is 0 Å². The van der Waals surface area contributed by atoms with E-state index >= 15 is 0 Å². The molecule has 0 aliphatic carbocycles. The fraction of sp³-hybridized carbons (Fsp3) is 0.200. The molecular formula is C15H14F2N2. The second kappa shape index (κ2) is 4.53. The van der Waals surface area contributed by atoms with Gasteiger partial charge in [-0.3, -0.25) is 0 Å². The van der Waals surface area contributed by atoms with E-state index in [1.165, 1.54) is 0 Å². The number of hydrogen-bond donors (Lipinski definition) is 1. The number of nitrogens with two attached hydrogens (primary N) is 1. The maximum absolute atomic E-state index is 14.0. The third-order valence-corrected chi connectivity index (χ3v) is 3.42. The Labute approximate surface area is 110 Å². The predicted molar refractivity (Wildman–Crippen MR) is 72.5 cm³/mol. The van der Waals surface area contributed by atoms with Crippen molar-refractivity contribution in [2.75, 3.05) is 17.2 Å². The number of aryl methyl sites for hydroxylation is 1. The number of nitrogen functional groups attached to an aromatic ring is 1. The van der Waals surface area contributed by atoms with Crippen LogP contribution < -0.4 is 10.6 Å². The van der Waals surface area contributed by atoms with E-state index in [4.69, 9.17) is 5.73 Å². The van der Waals surface area contributed by atoms with Crippen LogP contribution in [0.15, 0.2) is 36.4 Å². The van der Waals surface area contributed by atoms with Crippen LogP contribution in [0.1, 0.15) is 12.0 Å². The summed E-state index contributed by atoms with van der Waals surface area (Å²) in [5.41, 5.74) is 7.53. The number of halogens is 2. The van der Waals surface area contributed by atoms with E-state index in [0.29, 0.717) is 6.54 Å². The molecule has 0 unspecified atom stereocenters. The molecule has 1 aliphatic rings. The van der Waals surface area contributed by atoms with Gasteiger partial charge in [0.25, 0.3) is 0 Å². The van der Waals surface area contributed by atoms with Gasteiger partial charge in [-0.15, -0.1) is 0 Å². The van der Waals surface area contributed by atoms with Gasteiger partial charge >= 0.3 is 0 Å². The SMILES string of the molecule is Nc1cc(F)c(N2CCCc3ccccc32)c(F)c1. The molecule has 4 heteroatoms. The third kappa shape index (κ3) is 2.03. The Hall–Kier alpha value is -2.10. The fourth-order valence-corrected chi connectivity index (χ4v) is 2.61. The summed E-state index contributed by atoms with van der Waals surface area (Å²) >= 11 is 0. The first-order valence-electron chi connectivity index (χ1n) is 6.27. The topological polar surface area (TPSA) is 29.3 Å². The lowest BCUT2D eigenvalue weighted by Gasteiger charge is -2.31. The van der Waals surface area contributed by atoms with Crippen LogP contribution in [-0.4, -0.2) is 6.54 Å². The van der Waals surface area contributed by atoms with E-state index in [1.807, 2.05) is 24.3 Å². The molecule has 0 spiro atoms. The van der Waals surface area contributed by atoms with Crippen LogP contribution in [0.2, 0.25) is 0 Å². The molecule has 0 aromatic heterocycles. The lowest BCUT2D eigenvalue weighted by molar-refractivity contribution is 0.577. The van der Waals surface area contributed by atoms with E-state index in [0.717, 1.165) is 36.2 Å². The molecule has 98 valence electrons. The predicted octanol–water partition coefficient (Wildman–Crippen LogP) is 3.63. The minimum Gasteiger partial charge on any atom is -0.399 e. The number of benzene rings is 2. The molecule has 19 heavy (non-hydrogen) atoms. The van der Waals surface area contributed by atoms with Crippen LogP contribution >= 0.6 is 0 Å². The summed E-state index contributed by atoms with van der Waals surface area (Å²) in [7, 11) is 0. The van der Waals surface area contributed by atoms with Crippen molar-refractivity contribution >= 4 is 17.1 Å².